The molecule has 0 N–H and O–H groups in total. The molecule has 3 rings (SSSR count). The van der Waals surface area contributed by atoms with Gasteiger partial charge in [0, 0.05) is 38.8 Å². The quantitative estimate of drug-likeness (QED) is 0.832. The van der Waals surface area contributed by atoms with Crippen LogP contribution in [-0.2, 0) is 4.79 Å². The van der Waals surface area contributed by atoms with Crippen molar-refractivity contribution in [1.29, 1.82) is 0 Å². The maximum atomic E-state index is 12.9. The van der Waals surface area contributed by atoms with Gasteiger partial charge in [-0.15, -0.1) is 0 Å². The number of rotatable bonds is 2. The molecule has 2 fully saturated rings. The summed E-state index contributed by atoms with van der Waals surface area (Å²) >= 11 is 0. The SMILES string of the molecule is Cc1nc(C(C)C)ncc1C(=O)N1CC[C@]2(CCCN(C)C2=O)C1. The maximum absolute atomic E-state index is 12.9. The van der Waals surface area contributed by atoms with Crippen LogP contribution in [0.2, 0.25) is 0 Å². The standard InChI is InChI=1S/C18H26N4O2/c1-12(2)15-19-10-14(13(3)20-15)16(23)22-9-7-18(11-22)6-5-8-21(4)17(18)24/h10,12H,5-9,11H2,1-4H3/t18-/m1/s1. The number of aryl methyl sites for hydroxylation is 1. The molecule has 0 aromatic carbocycles. The number of carbonyl (C=O) groups excluding carboxylic acids is 2. The van der Waals surface area contributed by atoms with Gasteiger partial charge in [-0.1, -0.05) is 13.8 Å². The number of hydrogen-bond donors (Lipinski definition) is 0. The molecule has 0 unspecified atom stereocenters. The third-order valence-electron chi connectivity index (χ3n) is 5.34. The van der Waals surface area contributed by atoms with Gasteiger partial charge < -0.3 is 9.80 Å². The highest BCUT2D eigenvalue weighted by atomic mass is 16.2. The third kappa shape index (κ3) is 2.78. The molecule has 6 nitrogen and oxygen atoms in total. The molecule has 2 saturated heterocycles. The molecule has 3 heterocycles. The van der Waals surface area contributed by atoms with E-state index < -0.39 is 0 Å². The average molecular weight is 330 g/mol. The molecule has 0 aliphatic carbocycles. The van der Waals surface area contributed by atoms with E-state index >= 15 is 0 Å². The Hall–Kier alpha value is -1.98. The number of piperidine rings is 1. The van der Waals surface area contributed by atoms with Crippen LogP contribution in [0.5, 0.6) is 0 Å². The molecule has 2 aliphatic rings. The van der Waals surface area contributed by atoms with E-state index in [9.17, 15) is 9.59 Å². The summed E-state index contributed by atoms with van der Waals surface area (Å²) in [6.07, 6.45) is 4.28. The van der Waals surface area contributed by atoms with Gasteiger partial charge in [-0.25, -0.2) is 9.97 Å². The summed E-state index contributed by atoms with van der Waals surface area (Å²) in [5.74, 6) is 1.12. The fraction of sp³-hybridized carbons (Fsp3) is 0.667. The predicted octanol–water partition coefficient (Wildman–Crippen LogP) is 1.99. The molecule has 2 aliphatic heterocycles. The first-order chi connectivity index (χ1) is 11.3. The number of amides is 2. The van der Waals surface area contributed by atoms with E-state index in [2.05, 4.69) is 9.97 Å². The molecular formula is C18H26N4O2. The summed E-state index contributed by atoms with van der Waals surface area (Å²) < 4.78 is 0. The van der Waals surface area contributed by atoms with E-state index in [1.165, 1.54) is 0 Å². The highest BCUT2D eigenvalue weighted by molar-refractivity contribution is 5.96. The second kappa shape index (κ2) is 6.15. The van der Waals surface area contributed by atoms with Crippen molar-refractivity contribution < 1.29 is 9.59 Å². The molecule has 0 saturated carbocycles. The molecule has 1 aromatic heterocycles. The Balaban J connectivity index is 1.79. The van der Waals surface area contributed by atoms with Gasteiger partial charge in [-0.3, -0.25) is 9.59 Å². The number of nitrogens with zero attached hydrogens (tertiary/aromatic N) is 4. The Morgan fingerprint density at radius 1 is 1.29 bits per heavy atom. The molecule has 1 spiro atoms. The normalized spacial score (nSPS) is 24.3. The maximum Gasteiger partial charge on any atom is 0.257 e. The molecule has 1 atom stereocenters. The van der Waals surface area contributed by atoms with Gasteiger partial charge in [-0.2, -0.15) is 0 Å². The van der Waals surface area contributed by atoms with E-state index in [-0.39, 0.29) is 23.1 Å². The zero-order valence-electron chi connectivity index (χ0n) is 15.0. The van der Waals surface area contributed by atoms with Gasteiger partial charge in [0.25, 0.3) is 5.91 Å². The van der Waals surface area contributed by atoms with Crippen LogP contribution in [0.4, 0.5) is 0 Å². The Bertz CT molecular complexity index is 673. The minimum atomic E-state index is -0.380. The molecule has 130 valence electrons. The van der Waals surface area contributed by atoms with Crippen LogP contribution in [0.15, 0.2) is 6.20 Å². The highest BCUT2D eigenvalue weighted by Gasteiger charge is 2.48. The zero-order chi connectivity index (χ0) is 17.5. The monoisotopic (exact) mass is 330 g/mol. The Morgan fingerprint density at radius 3 is 2.71 bits per heavy atom. The van der Waals surface area contributed by atoms with Gasteiger partial charge in [0.15, 0.2) is 0 Å². The van der Waals surface area contributed by atoms with Crippen LogP contribution >= 0.6 is 0 Å². The number of hydrogen-bond acceptors (Lipinski definition) is 4. The summed E-state index contributed by atoms with van der Waals surface area (Å²) in [5.41, 5.74) is 0.884. The van der Waals surface area contributed by atoms with Crippen molar-refractivity contribution in [3.05, 3.63) is 23.3 Å². The topological polar surface area (TPSA) is 66.4 Å². The largest absolute Gasteiger partial charge is 0.345 e. The Morgan fingerprint density at radius 2 is 2.04 bits per heavy atom. The zero-order valence-corrected chi connectivity index (χ0v) is 15.0. The molecular weight excluding hydrogens is 304 g/mol. The molecule has 2 amide bonds. The minimum absolute atomic E-state index is 0.0549. The first-order valence-corrected chi connectivity index (χ1v) is 8.72. The number of carbonyl (C=O) groups is 2. The predicted molar refractivity (Wildman–Crippen MR) is 90.7 cm³/mol. The smallest absolute Gasteiger partial charge is 0.257 e. The fourth-order valence-corrected chi connectivity index (χ4v) is 3.84. The summed E-state index contributed by atoms with van der Waals surface area (Å²) in [6, 6.07) is 0. The van der Waals surface area contributed by atoms with Crippen molar-refractivity contribution in [2.24, 2.45) is 5.41 Å². The highest BCUT2D eigenvalue weighted by Crippen LogP contribution is 2.40. The summed E-state index contributed by atoms with van der Waals surface area (Å²) in [6.45, 7) is 7.88. The third-order valence-corrected chi connectivity index (χ3v) is 5.34. The lowest BCUT2D eigenvalue weighted by Gasteiger charge is -2.37. The van der Waals surface area contributed by atoms with Gasteiger partial charge >= 0.3 is 0 Å². The van der Waals surface area contributed by atoms with Crippen LogP contribution in [-0.4, -0.2) is 58.3 Å². The van der Waals surface area contributed by atoms with Crippen LogP contribution in [0.3, 0.4) is 0 Å². The van der Waals surface area contributed by atoms with E-state index in [1.54, 1.807) is 11.1 Å². The van der Waals surface area contributed by atoms with E-state index in [0.29, 0.717) is 24.3 Å². The lowest BCUT2D eigenvalue weighted by Crippen LogP contribution is -2.48. The van der Waals surface area contributed by atoms with Gasteiger partial charge in [0.1, 0.15) is 5.82 Å². The van der Waals surface area contributed by atoms with Crippen LogP contribution in [0.25, 0.3) is 0 Å². The number of aromatic nitrogens is 2. The van der Waals surface area contributed by atoms with E-state index in [1.807, 2.05) is 32.7 Å². The Labute approximate surface area is 143 Å². The lowest BCUT2D eigenvalue weighted by atomic mass is 9.78. The van der Waals surface area contributed by atoms with Gasteiger partial charge in [0.05, 0.1) is 16.7 Å². The van der Waals surface area contributed by atoms with Crippen LogP contribution in [0.1, 0.15) is 60.9 Å². The van der Waals surface area contributed by atoms with Crippen molar-refractivity contribution in [3.63, 3.8) is 0 Å². The average Bonchev–Trinajstić information content (AvgIpc) is 2.97. The molecule has 24 heavy (non-hydrogen) atoms. The van der Waals surface area contributed by atoms with Crippen LogP contribution in [0, 0.1) is 12.3 Å². The minimum Gasteiger partial charge on any atom is -0.345 e. The second-order valence-corrected chi connectivity index (χ2v) is 7.47. The first kappa shape index (κ1) is 16.9. The van der Waals surface area contributed by atoms with Gasteiger partial charge in [0.2, 0.25) is 5.91 Å². The Kier molecular flexibility index (Phi) is 4.32. The van der Waals surface area contributed by atoms with Crippen molar-refractivity contribution in [2.75, 3.05) is 26.7 Å². The van der Waals surface area contributed by atoms with Gasteiger partial charge in [-0.05, 0) is 26.2 Å². The fourth-order valence-electron chi connectivity index (χ4n) is 3.84. The van der Waals surface area contributed by atoms with Crippen molar-refractivity contribution in [1.82, 2.24) is 19.8 Å². The molecule has 0 bridgehead atoms. The van der Waals surface area contributed by atoms with Crippen molar-refractivity contribution in [2.45, 2.75) is 46.0 Å². The van der Waals surface area contributed by atoms with Crippen molar-refractivity contribution >= 4 is 11.8 Å². The molecule has 6 heteroatoms. The van der Waals surface area contributed by atoms with Crippen molar-refractivity contribution in [3.8, 4) is 0 Å². The lowest BCUT2D eigenvalue weighted by molar-refractivity contribution is -0.143. The second-order valence-electron chi connectivity index (χ2n) is 7.47. The summed E-state index contributed by atoms with van der Waals surface area (Å²) in [7, 11) is 1.86. The first-order valence-electron chi connectivity index (χ1n) is 8.72. The summed E-state index contributed by atoms with van der Waals surface area (Å²) in [5, 5.41) is 0. The van der Waals surface area contributed by atoms with Crippen LogP contribution < -0.4 is 0 Å². The molecule has 0 radical (unpaired) electrons. The number of likely N-dealkylation sites (tertiary alicyclic amines) is 2. The van der Waals surface area contributed by atoms with E-state index in [4.69, 9.17) is 0 Å². The summed E-state index contributed by atoms with van der Waals surface area (Å²) in [4.78, 5) is 37.9. The molecule has 1 aromatic rings. The van der Waals surface area contributed by atoms with E-state index in [0.717, 1.165) is 31.6 Å².